The second-order valence-electron chi connectivity index (χ2n) is 6.82. The van der Waals surface area contributed by atoms with Gasteiger partial charge in [0.1, 0.15) is 16.4 Å². The normalized spacial score (nSPS) is 18.4. The zero-order valence-electron chi connectivity index (χ0n) is 15.4. The number of hydrogen-bond donors (Lipinski definition) is 2. The van der Waals surface area contributed by atoms with Crippen molar-refractivity contribution in [2.45, 2.75) is 17.7 Å². The van der Waals surface area contributed by atoms with Crippen LogP contribution in [-0.2, 0) is 10.0 Å². The molecule has 2 saturated heterocycles. The van der Waals surface area contributed by atoms with Crippen LogP contribution in [0.4, 0.5) is 11.5 Å². The number of aromatic nitrogens is 2. The maximum Gasteiger partial charge on any atom is 0.273 e. The lowest BCUT2D eigenvalue weighted by Gasteiger charge is -2.24. The molecule has 0 radical (unpaired) electrons. The van der Waals surface area contributed by atoms with Crippen molar-refractivity contribution in [1.29, 1.82) is 0 Å². The van der Waals surface area contributed by atoms with Crippen LogP contribution in [0.15, 0.2) is 35.5 Å². The van der Waals surface area contributed by atoms with Gasteiger partial charge in [0, 0.05) is 43.9 Å². The van der Waals surface area contributed by atoms with Crippen LogP contribution in [0.2, 0.25) is 0 Å². The summed E-state index contributed by atoms with van der Waals surface area (Å²) in [5.41, 5.74) is 1.24. The van der Waals surface area contributed by atoms with E-state index in [0.29, 0.717) is 18.9 Å². The molecule has 28 heavy (non-hydrogen) atoms. The second-order valence-corrected chi connectivity index (χ2v) is 9.98. The molecule has 0 unspecified atom stereocenters. The number of aromatic amines is 1. The Balaban J connectivity index is 1.43. The molecule has 8 nitrogen and oxygen atoms in total. The Labute approximate surface area is 168 Å². The minimum Gasteiger partial charge on any atom is -0.370 e. The predicted molar refractivity (Wildman–Crippen MR) is 111 cm³/mol. The Morgan fingerprint density at radius 1 is 1.14 bits per heavy atom. The third-order valence-corrected chi connectivity index (χ3v) is 7.79. The number of nitrogens with zero attached hydrogens (tertiary/aromatic N) is 3. The number of thioether (sulfide) groups is 1. The standard InChI is InChI=1S/C18H23N5O3S2/c24-18(21-17-4-3-14(12-20-17)22-5-1-2-6-22)16-11-15(13-19-16)28(25,26)23-7-9-27-10-8-23/h3-4,11-13,19H,1-2,5-10H2,(H,20,21,24). The largest absolute Gasteiger partial charge is 0.370 e. The summed E-state index contributed by atoms with van der Waals surface area (Å²) in [5, 5.41) is 2.71. The van der Waals surface area contributed by atoms with E-state index in [1.54, 1.807) is 24.0 Å². The Kier molecular flexibility index (Phi) is 5.61. The van der Waals surface area contributed by atoms with E-state index in [-0.39, 0.29) is 10.6 Å². The molecule has 2 aromatic rings. The summed E-state index contributed by atoms with van der Waals surface area (Å²) < 4.78 is 26.9. The van der Waals surface area contributed by atoms with Crippen LogP contribution < -0.4 is 10.2 Å². The van der Waals surface area contributed by atoms with Crippen molar-refractivity contribution >= 4 is 39.2 Å². The fourth-order valence-corrected chi connectivity index (χ4v) is 5.97. The van der Waals surface area contributed by atoms with Gasteiger partial charge in [-0.05, 0) is 31.0 Å². The highest BCUT2D eigenvalue weighted by molar-refractivity contribution is 7.99. The van der Waals surface area contributed by atoms with Crippen molar-refractivity contribution in [2.24, 2.45) is 0 Å². The molecule has 0 saturated carbocycles. The van der Waals surface area contributed by atoms with E-state index in [1.165, 1.54) is 29.4 Å². The van der Waals surface area contributed by atoms with Crippen LogP contribution in [0, 0.1) is 0 Å². The van der Waals surface area contributed by atoms with E-state index in [2.05, 4.69) is 20.2 Å². The third-order valence-electron chi connectivity index (χ3n) is 4.97. The number of H-pyrrole nitrogens is 1. The van der Waals surface area contributed by atoms with E-state index in [4.69, 9.17) is 0 Å². The molecule has 0 aromatic carbocycles. The van der Waals surface area contributed by atoms with Crippen LogP contribution in [0.5, 0.6) is 0 Å². The molecule has 2 fully saturated rings. The van der Waals surface area contributed by atoms with Crippen LogP contribution >= 0.6 is 11.8 Å². The second kappa shape index (κ2) is 8.14. The van der Waals surface area contributed by atoms with Crippen LogP contribution in [0.25, 0.3) is 0 Å². The first kappa shape index (κ1) is 19.3. The van der Waals surface area contributed by atoms with Gasteiger partial charge in [-0.1, -0.05) is 0 Å². The number of hydrogen-bond acceptors (Lipinski definition) is 6. The molecule has 0 atom stereocenters. The van der Waals surface area contributed by atoms with Gasteiger partial charge in [0.05, 0.1) is 11.9 Å². The summed E-state index contributed by atoms with van der Waals surface area (Å²) in [7, 11) is -3.58. The van der Waals surface area contributed by atoms with Crippen molar-refractivity contribution in [3.8, 4) is 0 Å². The number of rotatable bonds is 5. The molecule has 1 amide bonds. The topological polar surface area (TPSA) is 98.4 Å². The number of sulfonamides is 1. The molecule has 0 spiro atoms. The monoisotopic (exact) mass is 421 g/mol. The molecule has 150 valence electrons. The summed E-state index contributed by atoms with van der Waals surface area (Å²) in [6.45, 7) is 3.05. The zero-order valence-corrected chi connectivity index (χ0v) is 17.1. The summed E-state index contributed by atoms with van der Waals surface area (Å²) in [4.78, 5) is 21.9. The fraction of sp³-hybridized carbons (Fsp3) is 0.444. The Morgan fingerprint density at radius 2 is 1.89 bits per heavy atom. The molecule has 4 heterocycles. The minimum atomic E-state index is -3.58. The molecule has 10 heteroatoms. The van der Waals surface area contributed by atoms with Gasteiger partial charge in [-0.25, -0.2) is 13.4 Å². The summed E-state index contributed by atoms with van der Waals surface area (Å²) in [5.74, 6) is 1.59. The Morgan fingerprint density at radius 3 is 2.57 bits per heavy atom. The lowest BCUT2D eigenvalue weighted by atomic mass is 10.3. The number of nitrogens with one attached hydrogen (secondary N) is 2. The van der Waals surface area contributed by atoms with Crippen molar-refractivity contribution in [3.63, 3.8) is 0 Å². The van der Waals surface area contributed by atoms with Gasteiger partial charge in [-0.15, -0.1) is 0 Å². The van der Waals surface area contributed by atoms with Gasteiger partial charge in [-0.2, -0.15) is 16.1 Å². The molecular formula is C18H23N5O3S2. The molecule has 2 aromatic heterocycles. The highest BCUT2D eigenvalue weighted by atomic mass is 32.2. The summed E-state index contributed by atoms with van der Waals surface area (Å²) in [6.07, 6.45) is 5.50. The first-order valence-corrected chi connectivity index (χ1v) is 11.9. The first-order valence-electron chi connectivity index (χ1n) is 9.33. The average Bonchev–Trinajstić information content (AvgIpc) is 3.42. The van der Waals surface area contributed by atoms with Crippen molar-refractivity contribution in [3.05, 3.63) is 36.3 Å². The number of pyridine rings is 1. The molecule has 0 aliphatic carbocycles. The lowest BCUT2D eigenvalue weighted by Crippen LogP contribution is -2.37. The highest BCUT2D eigenvalue weighted by Gasteiger charge is 2.27. The van der Waals surface area contributed by atoms with Crippen LogP contribution in [-0.4, -0.2) is 66.3 Å². The average molecular weight is 422 g/mol. The van der Waals surface area contributed by atoms with E-state index in [9.17, 15) is 13.2 Å². The summed E-state index contributed by atoms with van der Waals surface area (Å²) >= 11 is 1.74. The quantitative estimate of drug-likeness (QED) is 0.766. The third kappa shape index (κ3) is 4.03. The van der Waals surface area contributed by atoms with Crippen LogP contribution in [0.3, 0.4) is 0 Å². The highest BCUT2D eigenvalue weighted by Crippen LogP contribution is 2.22. The SMILES string of the molecule is O=C(Nc1ccc(N2CCCC2)cn1)c1cc(S(=O)(=O)N2CCSCC2)c[nH]1. The van der Waals surface area contributed by atoms with Gasteiger partial charge in [0.2, 0.25) is 10.0 Å². The van der Waals surface area contributed by atoms with E-state index in [0.717, 1.165) is 30.3 Å². The van der Waals surface area contributed by atoms with Gasteiger partial charge >= 0.3 is 0 Å². The minimum absolute atomic E-state index is 0.113. The number of anilines is 2. The van der Waals surface area contributed by atoms with Gasteiger partial charge < -0.3 is 15.2 Å². The molecule has 2 aliphatic heterocycles. The molecule has 0 bridgehead atoms. The number of carbonyl (C=O) groups excluding carboxylic acids is 1. The van der Waals surface area contributed by atoms with E-state index in [1.807, 2.05) is 6.07 Å². The molecular weight excluding hydrogens is 398 g/mol. The molecule has 2 aliphatic rings. The molecule has 2 N–H and O–H groups in total. The van der Waals surface area contributed by atoms with E-state index >= 15 is 0 Å². The summed E-state index contributed by atoms with van der Waals surface area (Å²) in [6, 6.07) is 5.08. The van der Waals surface area contributed by atoms with Crippen molar-refractivity contribution in [2.75, 3.05) is 47.9 Å². The maximum atomic E-state index is 12.7. The van der Waals surface area contributed by atoms with Gasteiger partial charge in [-0.3, -0.25) is 4.79 Å². The maximum absolute atomic E-state index is 12.7. The van der Waals surface area contributed by atoms with Crippen molar-refractivity contribution < 1.29 is 13.2 Å². The Hall–Kier alpha value is -2.04. The van der Waals surface area contributed by atoms with Crippen LogP contribution in [0.1, 0.15) is 23.3 Å². The lowest BCUT2D eigenvalue weighted by molar-refractivity contribution is 0.102. The first-order chi connectivity index (χ1) is 13.5. The smallest absolute Gasteiger partial charge is 0.273 e. The molecule has 4 rings (SSSR count). The van der Waals surface area contributed by atoms with E-state index < -0.39 is 15.9 Å². The Bertz CT molecular complexity index is 930. The predicted octanol–water partition coefficient (Wildman–Crippen LogP) is 2.00. The number of carbonyl (C=O) groups is 1. The van der Waals surface area contributed by atoms with Gasteiger partial charge in [0.25, 0.3) is 5.91 Å². The van der Waals surface area contributed by atoms with Gasteiger partial charge in [0.15, 0.2) is 0 Å². The van der Waals surface area contributed by atoms with Crippen molar-refractivity contribution in [1.82, 2.24) is 14.3 Å². The fourth-order valence-electron chi connectivity index (χ4n) is 3.40. The number of amides is 1. The zero-order chi connectivity index (χ0) is 19.6.